The lowest BCUT2D eigenvalue weighted by Gasteiger charge is -2.10. The molecule has 0 aliphatic carbocycles. The predicted octanol–water partition coefficient (Wildman–Crippen LogP) is 1.77. The topological polar surface area (TPSA) is 112 Å². The normalized spacial score (nSPS) is 12.0. The number of aliphatic carboxylic acids is 1. The highest BCUT2D eigenvalue weighted by Crippen LogP contribution is 2.12. The number of thioether (sulfide) groups is 1. The summed E-state index contributed by atoms with van der Waals surface area (Å²) in [6, 6.07) is 7.16. The summed E-state index contributed by atoms with van der Waals surface area (Å²) in [5, 5.41) is 12.0. The first-order valence-electron chi connectivity index (χ1n) is 8.00. The Kier molecular flexibility index (Phi) is 7.00. The van der Waals surface area contributed by atoms with Crippen LogP contribution in [0.3, 0.4) is 0 Å². The van der Waals surface area contributed by atoms with Gasteiger partial charge in [0.25, 0.3) is 5.56 Å². The number of rotatable bonds is 9. The first-order valence-corrected chi connectivity index (χ1v) is 9.15. The third-order valence-corrected chi connectivity index (χ3v) is 4.52. The van der Waals surface area contributed by atoms with Gasteiger partial charge in [0.05, 0.1) is 16.7 Å². The summed E-state index contributed by atoms with van der Waals surface area (Å²) in [4.78, 5) is 41.4. The van der Waals surface area contributed by atoms with Gasteiger partial charge in [0.15, 0.2) is 0 Å². The van der Waals surface area contributed by atoms with Gasteiger partial charge in [-0.05, 0) is 18.1 Å². The van der Waals surface area contributed by atoms with Crippen molar-refractivity contribution in [3.05, 3.63) is 40.4 Å². The van der Waals surface area contributed by atoms with Crippen molar-refractivity contribution in [2.45, 2.75) is 25.5 Å². The molecule has 0 saturated heterocycles. The Bertz CT molecular complexity index is 806. The van der Waals surface area contributed by atoms with Gasteiger partial charge in [0.2, 0.25) is 5.91 Å². The summed E-state index contributed by atoms with van der Waals surface area (Å²) >= 11 is 1.51. The van der Waals surface area contributed by atoms with E-state index in [4.69, 9.17) is 5.11 Å². The van der Waals surface area contributed by atoms with Gasteiger partial charge in [-0.2, -0.15) is 11.8 Å². The van der Waals surface area contributed by atoms with Crippen molar-refractivity contribution in [1.29, 1.82) is 0 Å². The first-order chi connectivity index (χ1) is 12.0. The molecule has 0 fully saturated rings. The van der Waals surface area contributed by atoms with Crippen LogP contribution in [0, 0.1) is 5.92 Å². The van der Waals surface area contributed by atoms with E-state index in [2.05, 4.69) is 15.3 Å². The maximum absolute atomic E-state index is 12.0. The van der Waals surface area contributed by atoms with Crippen LogP contribution < -0.4 is 10.9 Å². The third kappa shape index (κ3) is 6.22. The zero-order chi connectivity index (χ0) is 18.2. The number of aromatic amines is 1. The van der Waals surface area contributed by atoms with E-state index in [1.54, 1.807) is 25.1 Å². The highest BCUT2D eigenvalue weighted by molar-refractivity contribution is 7.98. The van der Waals surface area contributed by atoms with E-state index in [0.717, 1.165) is 0 Å². The zero-order valence-corrected chi connectivity index (χ0v) is 14.8. The Hall–Kier alpha value is -2.35. The van der Waals surface area contributed by atoms with E-state index in [0.29, 0.717) is 41.2 Å². The largest absolute Gasteiger partial charge is 0.481 e. The number of H-pyrrole nitrogens is 1. The van der Waals surface area contributed by atoms with Crippen molar-refractivity contribution < 1.29 is 14.7 Å². The minimum absolute atomic E-state index is 0.0377. The lowest BCUT2D eigenvalue weighted by Crippen LogP contribution is -2.29. The van der Waals surface area contributed by atoms with E-state index in [9.17, 15) is 14.4 Å². The van der Waals surface area contributed by atoms with Crippen LogP contribution in [0.1, 0.15) is 25.6 Å². The number of carbonyl (C=O) groups excluding carboxylic acids is 1. The number of benzene rings is 1. The van der Waals surface area contributed by atoms with E-state index in [1.165, 1.54) is 11.8 Å². The maximum Gasteiger partial charge on any atom is 0.303 e. The number of carbonyl (C=O) groups is 2. The molecule has 0 bridgehead atoms. The van der Waals surface area contributed by atoms with E-state index in [-0.39, 0.29) is 23.8 Å². The first kappa shape index (κ1) is 19.0. The Balaban J connectivity index is 1.73. The number of para-hydroxylation sites is 1. The molecular weight excluding hydrogens is 342 g/mol. The summed E-state index contributed by atoms with van der Waals surface area (Å²) in [5.74, 6) is 0.627. The number of hydrogen-bond acceptors (Lipinski definition) is 5. The monoisotopic (exact) mass is 363 g/mol. The van der Waals surface area contributed by atoms with Gasteiger partial charge in [0.1, 0.15) is 5.82 Å². The number of fused-ring (bicyclic) bond motifs is 1. The maximum atomic E-state index is 12.0. The van der Waals surface area contributed by atoms with Gasteiger partial charge in [-0.3, -0.25) is 14.4 Å². The van der Waals surface area contributed by atoms with Crippen LogP contribution in [0.5, 0.6) is 0 Å². The van der Waals surface area contributed by atoms with E-state index in [1.807, 2.05) is 6.07 Å². The second-order valence-corrected chi connectivity index (χ2v) is 6.94. The molecule has 0 radical (unpaired) electrons. The number of carboxylic acids is 1. The highest BCUT2D eigenvalue weighted by atomic mass is 32.2. The van der Waals surface area contributed by atoms with Gasteiger partial charge < -0.3 is 15.4 Å². The van der Waals surface area contributed by atoms with Gasteiger partial charge in [-0.15, -0.1) is 0 Å². The second-order valence-electron chi connectivity index (χ2n) is 5.84. The molecular formula is C17H21N3O4S. The molecule has 1 aromatic carbocycles. The molecule has 0 saturated carbocycles. The van der Waals surface area contributed by atoms with Gasteiger partial charge >= 0.3 is 5.97 Å². The number of aromatic nitrogens is 2. The fourth-order valence-corrected chi connectivity index (χ4v) is 3.09. The highest BCUT2D eigenvalue weighted by Gasteiger charge is 2.09. The summed E-state index contributed by atoms with van der Waals surface area (Å²) in [6.45, 7) is 2.14. The van der Waals surface area contributed by atoms with Gasteiger partial charge in [0, 0.05) is 25.1 Å². The summed E-state index contributed by atoms with van der Waals surface area (Å²) in [5.41, 5.74) is 0.498. The number of amides is 1. The molecule has 7 nitrogen and oxygen atoms in total. The Morgan fingerprint density at radius 3 is 2.88 bits per heavy atom. The lowest BCUT2D eigenvalue weighted by atomic mass is 10.1. The molecule has 0 aliphatic heterocycles. The molecule has 3 N–H and O–H groups in total. The molecule has 1 amide bonds. The molecule has 1 unspecified atom stereocenters. The minimum atomic E-state index is -0.866. The average Bonchev–Trinajstić information content (AvgIpc) is 2.56. The van der Waals surface area contributed by atoms with Crippen molar-refractivity contribution in [1.82, 2.24) is 15.3 Å². The molecule has 134 valence electrons. The Morgan fingerprint density at radius 1 is 1.36 bits per heavy atom. The van der Waals surface area contributed by atoms with Crippen molar-refractivity contribution >= 4 is 34.5 Å². The summed E-state index contributed by atoms with van der Waals surface area (Å²) in [7, 11) is 0. The number of nitrogens with zero attached hydrogens (tertiary/aromatic N) is 1. The van der Waals surface area contributed by atoms with Gasteiger partial charge in [-0.1, -0.05) is 19.1 Å². The van der Waals surface area contributed by atoms with Crippen LogP contribution in [0.2, 0.25) is 0 Å². The summed E-state index contributed by atoms with van der Waals surface area (Å²) < 4.78 is 0. The molecule has 2 aromatic rings. The Morgan fingerprint density at radius 2 is 2.12 bits per heavy atom. The van der Waals surface area contributed by atoms with Crippen molar-refractivity contribution in [2.75, 3.05) is 12.3 Å². The van der Waals surface area contributed by atoms with Crippen molar-refractivity contribution in [2.24, 2.45) is 5.92 Å². The average molecular weight is 363 g/mol. The Labute approximate surface area is 149 Å². The molecule has 1 atom stereocenters. The van der Waals surface area contributed by atoms with Crippen LogP contribution >= 0.6 is 11.8 Å². The number of hydrogen-bond donors (Lipinski definition) is 3. The fraction of sp³-hybridized carbons (Fsp3) is 0.412. The SMILES string of the molecule is CC(CNC(=O)CCSCc1nc2ccccc2c(=O)[nH]1)CC(=O)O. The van der Waals surface area contributed by atoms with Gasteiger partial charge in [-0.25, -0.2) is 4.98 Å². The van der Waals surface area contributed by atoms with E-state index < -0.39 is 5.97 Å². The van der Waals surface area contributed by atoms with Crippen LogP contribution in [0.4, 0.5) is 0 Å². The quantitative estimate of drug-likeness (QED) is 0.586. The molecule has 1 heterocycles. The standard InChI is InChI=1S/C17H21N3O4S/c1-11(8-16(22)23)9-18-15(21)6-7-25-10-14-19-13-5-3-2-4-12(13)17(24)20-14/h2-5,11H,6-10H2,1H3,(H,18,21)(H,22,23)(H,19,20,24). The molecule has 2 rings (SSSR count). The summed E-state index contributed by atoms with van der Waals surface area (Å²) in [6.07, 6.45) is 0.373. The molecule has 1 aromatic heterocycles. The van der Waals surface area contributed by atoms with Crippen molar-refractivity contribution in [3.63, 3.8) is 0 Å². The number of carboxylic acid groups (broad SMARTS) is 1. The molecule has 8 heteroatoms. The predicted molar refractivity (Wildman–Crippen MR) is 97.6 cm³/mol. The minimum Gasteiger partial charge on any atom is -0.481 e. The van der Waals surface area contributed by atoms with E-state index >= 15 is 0 Å². The van der Waals surface area contributed by atoms with Crippen molar-refractivity contribution in [3.8, 4) is 0 Å². The van der Waals surface area contributed by atoms with Crippen LogP contribution in [-0.2, 0) is 15.3 Å². The zero-order valence-electron chi connectivity index (χ0n) is 13.9. The molecule has 25 heavy (non-hydrogen) atoms. The smallest absolute Gasteiger partial charge is 0.303 e. The second kappa shape index (κ2) is 9.22. The lowest BCUT2D eigenvalue weighted by molar-refractivity contribution is -0.138. The molecule has 0 aliphatic rings. The van der Waals surface area contributed by atoms with Crippen LogP contribution in [0.15, 0.2) is 29.1 Å². The van der Waals surface area contributed by atoms with Crippen LogP contribution in [0.25, 0.3) is 10.9 Å². The molecule has 0 spiro atoms. The third-order valence-electron chi connectivity index (χ3n) is 3.54. The van der Waals surface area contributed by atoms with Crippen LogP contribution in [-0.4, -0.2) is 39.2 Å². The fourth-order valence-electron chi connectivity index (χ4n) is 2.28. The number of nitrogens with one attached hydrogen (secondary N) is 2.